The lowest BCUT2D eigenvalue weighted by Crippen LogP contribution is -2.46. The number of esters is 1. The lowest BCUT2D eigenvalue weighted by molar-refractivity contribution is -0.385. The van der Waals surface area contributed by atoms with E-state index in [0.717, 1.165) is 0 Å². The van der Waals surface area contributed by atoms with E-state index in [-0.39, 0.29) is 61.1 Å². The number of thiol groups is 1. The van der Waals surface area contributed by atoms with E-state index >= 15 is 0 Å². The van der Waals surface area contributed by atoms with Crippen LogP contribution in [0.5, 0.6) is 0 Å². The Bertz CT molecular complexity index is 1460. The van der Waals surface area contributed by atoms with Crippen LogP contribution in [0.1, 0.15) is 36.8 Å². The van der Waals surface area contributed by atoms with Gasteiger partial charge in [0.15, 0.2) is 0 Å². The Balaban J connectivity index is 1.18. The summed E-state index contributed by atoms with van der Waals surface area (Å²) in [6.07, 6.45) is -1.58. The Morgan fingerprint density at radius 2 is 1.54 bits per heavy atom. The van der Waals surface area contributed by atoms with Crippen LogP contribution in [0.2, 0.25) is 0 Å². The first-order valence-electron chi connectivity index (χ1n) is 14.4. The number of nitro groups is 2. The van der Waals surface area contributed by atoms with Gasteiger partial charge in [0.25, 0.3) is 11.4 Å². The lowest BCUT2D eigenvalue weighted by Gasteiger charge is -2.28. The maximum atomic E-state index is 12.8. The Morgan fingerprint density at radius 3 is 2.11 bits per heavy atom. The van der Waals surface area contributed by atoms with Crippen LogP contribution in [0.4, 0.5) is 16.2 Å². The van der Waals surface area contributed by atoms with E-state index in [1.54, 1.807) is 4.90 Å². The molecule has 0 spiro atoms. The van der Waals surface area contributed by atoms with Crippen LogP contribution < -0.4 is 5.32 Å². The molecule has 16 nitrogen and oxygen atoms in total. The van der Waals surface area contributed by atoms with E-state index in [1.807, 2.05) is 0 Å². The second kappa shape index (κ2) is 15.5. The van der Waals surface area contributed by atoms with Crippen molar-refractivity contribution >= 4 is 47.8 Å². The molecule has 0 radical (unpaired) electrons. The number of hydrogen-bond acceptors (Lipinski definition) is 12. The first-order valence-corrected chi connectivity index (χ1v) is 14.9. The predicted octanol–water partition coefficient (Wildman–Crippen LogP) is 2.56. The number of amides is 2. The van der Waals surface area contributed by atoms with Gasteiger partial charge in [-0.1, -0.05) is 0 Å². The zero-order valence-corrected chi connectivity index (χ0v) is 25.5. The Kier molecular flexibility index (Phi) is 11.5. The third kappa shape index (κ3) is 9.37. The van der Waals surface area contributed by atoms with E-state index in [9.17, 15) is 39.7 Å². The monoisotopic (exact) mass is 658 g/mol. The SMILES string of the molecule is N=C(CC(=O)OCc1ccc([N+](=O)[O-])cc1)N1CC[C@H](NC(=O)CC(O)[C@@H]2C[C@H](S)CN2C(=O)OCc2ccc([N+](=O)[O-])cc2)C1. The molecule has 3 N–H and O–H groups in total. The summed E-state index contributed by atoms with van der Waals surface area (Å²) >= 11 is 4.44. The molecule has 2 aliphatic heterocycles. The first kappa shape index (κ1) is 34.1. The summed E-state index contributed by atoms with van der Waals surface area (Å²) in [6, 6.07) is 10.1. The fraction of sp³-hybridized carbons (Fsp3) is 0.448. The topological polar surface area (TPSA) is 219 Å². The fourth-order valence-electron chi connectivity index (χ4n) is 5.27. The molecule has 46 heavy (non-hydrogen) atoms. The minimum atomic E-state index is -1.19. The molecule has 1 unspecified atom stereocenters. The molecular formula is C29H34N6O10S. The van der Waals surface area contributed by atoms with Crippen molar-refractivity contribution in [2.75, 3.05) is 19.6 Å². The highest BCUT2D eigenvalue weighted by atomic mass is 32.1. The molecule has 2 heterocycles. The molecule has 2 aromatic rings. The first-order chi connectivity index (χ1) is 21.9. The van der Waals surface area contributed by atoms with Crippen LogP contribution >= 0.6 is 12.6 Å². The van der Waals surface area contributed by atoms with Crippen molar-refractivity contribution in [1.82, 2.24) is 15.1 Å². The van der Waals surface area contributed by atoms with Crippen LogP contribution in [0.25, 0.3) is 0 Å². The van der Waals surface area contributed by atoms with Gasteiger partial charge in [-0.05, 0) is 48.2 Å². The number of aliphatic hydroxyl groups excluding tert-OH is 1. The van der Waals surface area contributed by atoms with Gasteiger partial charge in [0.1, 0.15) is 25.5 Å². The molecule has 2 saturated heterocycles. The maximum Gasteiger partial charge on any atom is 0.410 e. The minimum Gasteiger partial charge on any atom is -0.460 e. The van der Waals surface area contributed by atoms with Gasteiger partial charge in [-0.3, -0.25) is 35.2 Å². The highest BCUT2D eigenvalue weighted by molar-refractivity contribution is 7.81. The van der Waals surface area contributed by atoms with Crippen LogP contribution in [-0.4, -0.2) is 91.6 Å². The second-order valence-electron chi connectivity index (χ2n) is 11.1. The number of likely N-dealkylation sites (tertiary alicyclic amines) is 2. The number of amidine groups is 1. The number of ether oxygens (including phenoxy) is 2. The number of rotatable bonds is 12. The molecule has 17 heteroatoms. The number of nitrogens with zero attached hydrogens (tertiary/aromatic N) is 4. The normalized spacial score (nSPS) is 19.7. The van der Waals surface area contributed by atoms with Crippen molar-refractivity contribution in [2.45, 2.75) is 62.3 Å². The van der Waals surface area contributed by atoms with E-state index in [2.05, 4.69) is 17.9 Å². The highest BCUT2D eigenvalue weighted by Crippen LogP contribution is 2.27. The van der Waals surface area contributed by atoms with Crippen molar-refractivity contribution in [1.29, 1.82) is 5.41 Å². The number of carbonyl (C=O) groups excluding carboxylic acids is 3. The van der Waals surface area contributed by atoms with Gasteiger partial charge < -0.3 is 29.7 Å². The van der Waals surface area contributed by atoms with Gasteiger partial charge in [0.05, 0.1) is 28.4 Å². The number of hydrogen-bond donors (Lipinski definition) is 4. The van der Waals surface area contributed by atoms with E-state index in [0.29, 0.717) is 37.1 Å². The summed E-state index contributed by atoms with van der Waals surface area (Å²) in [5.41, 5.74) is 0.958. The van der Waals surface area contributed by atoms with Gasteiger partial charge in [-0.2, -0.15) is 12.6 Å². The van der Waals surface area contributed by atoms with Gasteiger partial charge in [0.2, 0.25) is 5.91 Å². The average Bonchev–Trinajstić information content (AvgIpc) is 3.66. The zero-order valence-electron chi connectivity index (χ0n) is 24.6. The summed E-state index contributed by atoms with van der Waals surface area (Å²) < 4.78 is 10.5. The van der Waals surface area contributed by atoms with Crippen molar-refractivity contribution in [3.8, 4) is 0 Å². The largest absolute Gasteiger partial charge is 0.460 e. The molecule has 2 aromatic carbocycles. The average molecular weight is 659 g/mol. The summed E-state index contributed by atoms with van der Waals surface area (Å²) in [6.45, 7) is 0.717. The van der Waals surface area contributed by atoms with Gasteiger partial charge >= 0.3 is 12.1 Å². The quantitative estimate of drug-likeness (QED) is 0.0648. The number of aliphatic hydroxyl groups is 1. The third-order valence-corrected chi connectivity index (χ3v) is 8.07. The minimum absolute atomic E-state index is 0.0270. The van der Waals surface area contributed by atoms with Crippen LogP contribution in [-0.2, 0) is 32.3 Å². The number of non-ortho nitro benzene ring substituents is 2. The van der Waals surface area contributed by atoms with Crippen LogP contribution in [0.15, 0.2) is 48.5 Å². The molecule has 4 atom stereocenters. The summed E-state index contributed by atoms with van der Waals surface area (Å²) in [4.78, 5) is 61.4. The van der Waals surface area contributed by atoms with E-state index in [4.69, 9.17) is 14.9 Å². The Labute approximate surface area is 268 Å². The third-order valence-electron chi connectivity index (χ3n) is 7.70. The Morgan fingerprint density at radius 1 is 0.978 bits per heavy atom. The number of carbonyl (C=O) groups is 3. The number of nitrogens with one attached hydrogen (secondary N) is 2. The smallest absolute Gasteiger partial charge is 0.410 e. The lowest BCUT2D eigenvalue weighted by atomic mass is 10.0. The van der Waals surface area contributed by atoms with Gasteiger partial charge in [-0.15, -0.1) is 0 Å². The maximum absolute atomic E-state index is 12.8. The summed E-state index contributed by atoms with van der Waals surface area (Å²) in [5.74, 6) is -1.04. The molecule has 2 fully saturated rings. The molecule has 0 aliphatic carbocycles. The molecule has 0 saturated carbocycles. The number of benzene rings is 2. The Hall–Kier alpha value is -4.77. The van der Waals surface area contributed by atoms with E-state index < -0.39 is 40.0 Å². The summed E-state index contributed by atoms with van der Waals surface area (Å²) in [5, 5.41) is 43.4. The van der Waals surface area contributed by atoms with Crippen LogP contribution in [0.3, 0.4) is 0 Å². The van der Waals surface area contributed by atoms with Crippen molar-refractivity contribution in [3.63, 3.8) is 0 Å². The predicted molar refractivity (Wildman–Crippen MR) is 165 cm³/mol. The molecule has 2 amide bonds. The zero-order chi connectivity index (χ0) is 33.4. The molecule has 0 bridgehead atoms. The standard InChI is InChI=1S/C29H34N6O10S/c30-26(13-28(38)44-16-18-1-5-21(6-2-18)34(40)41)32-10-9-20(14-32)31-27(37)12-25(36)24-11-23(46)15-33(24)29(39)45-17-19-3-7-22(8-4-19)35(42)43/h1-8,20,23-25,30,36,46H,9-17H2,(H,31,37)/t20-,23-,24-,25?/m0/s1. The number of nitro benzene ring substituents is 2. The van der Waals surface area contributed by atoms with Crippen molar-refractivity contribution < 1.29 is 38.8 Å². The molecule has 246 valence electrons. The summed E-state index contributed by atoms with van der Waals surface area (Å²) in [7, 11) is 0. The fourth-order valence-corrected chi connectivity index (χ4v) is 5.66. The van der Waals surface area contributed by atoms with Crippen molar-refractivity contribution in [2.24, 2.45) is 0 Å². The van der Waals surface area contributed by atoms with E-state index in [1.165, 1.54) is 53.4 Å². The molecule has 2 aliphatic rings. The molecule has 0 aromatic heterocycles. The molecule has 4 rings (SSSR count). The highest BCUT2D eigenvalue weighted by Gasteiger charge is 2.40. The molecular weight excluding hydrogens is 624 g/mol. The second-order valence-corrected chi connectivity index (χ2v) is 11.8. The van der Waals surface area contributed by atoms with Gasteiger partial charge in [0, 0.05) is 55.2 Å². The van der Waals surface area contributed by atoms with Gasteiger partial charge in [-0.25, -0.2) is 4.79 Å². The van der Waals surface area contributed by atoms with Crippen LogP contribution in [0, 0.1) is 25.6 Å². The van der Waals surface area contributed by atoms with Crippen molar-refractivity contribution in [3.05, 3.63) is 79.9 Å².